The van der Waals surface area contributed by atoms with E-state index in [-0.39, 0.29) is 16.3 Å². The van der Waals surface area contributed by atoms with Crippen molar-refractivity contribution in [1.29, 1.82) is 0 Å². The number of halogens is 1. The molecule has 1 aromatic rings. The van der Waals surface area contributed by atoms with Crippen molar-refractivity contribution in [2.45, 2.75) is 11.3 Å². The molecule has 0 saturated heterocycles. The first-order valence-electron chi connectivity index (χ1n) is 5.82. The second-order valence-electron chi connectivity index (χ2n) is 3.96. The Bertz CT molecular complexity index is 504. The van der Waals surface area contributed by atoms with Crippen molar-refractivity contribution in [3.05, 3.63) is 24.0 Å². The summed E-state index contributed by atoms with van der Waals surface area (Å²) >= 11 is 0. The molecular formula is C12H18FNO4S. The quantitative estimate of drug-likeness (QED) is 0.443. The fourth-order valence-corrected chi connectivity index (χ4v) is 2.92. The Balaban J connectivity index is 2.52. The van der Waals surface area contributed by atoms with Crippen molar-refractivity contribution in [1.82, 2.24) is 0 Å². The normalized spacial score (nSPS) is 11.7. The van der Waals surface area contributed by atoms with Gasteiger partial charge in [-0.2, -0.15) is 0 Å². The molecule has 1 rings (SSSR count). The van der Waals surface area contributed by atoms with Gasteiger partial charge in [0.25, 0.3) is 0 Å². The molecule has 0 amide bonds. The molecule has 0 bridgehead atoms. The van der Waals surface area contributed by atoms with Gasteiger partial charge in [0.1, 0.15) is 5.82 Å². The van der Waals surface area contributed by atoms with Gasteiger partial charge in [0.05, 0.1) is 29.5 Å². The van der Waals surface area contributed by atoms with Gasteiger partial charge in [-0.1, -0.05) is 0 Å². The minimum absolute atomic E-state index is 0.0363. The van der Waals surface area contributed by atoms with Crippen molar-refractivity contribution in [3.8, 4) is 0 Å². The van der Waals surface area contributed by atoms with E-state index in [0.717, 1.165) is 12.1 Å². The lowest BCUT2D eigenvalue weighted by molar-refractivity contribution is 0.0712. The van der Waals surface area contributed by atoms with E-state index < -0.39 is 15.7 Å². The molecule has 2 N–H and O–H groups in total. The van der Waals surface area contributed by atoms with Gasteiger partial charge in [-0.3, -0.25) is 0 Å². The second-order valence-corrected chi connectivity index (χ2v) is 6.04. The Morgan fingerprint density at radius 3 is 2.63 bits per heavy atom. The molecule has 0 saturated carbocycles. The van der Waals surface area contributed by atoms with E-state index in [1.54, 1.807) is 7.11 Å². The smallest absolute Gasteiger partial charge is 0.180 e. The van der Waals surface area contributed by atoms with Crippen LogP contribution in [-0.2, 0) is 19.3 Å². The summed E-state index contributed by atoms with van der Waals surface area (Å²) in [6.07, 6.45) is 0.350. The van der Waals surface area contributed by atoms with Gasteiger partial charge < -0.3 is 15.2 Å². The minimum atomic E-state index is -3.50. The van der Waals surface area contributed by atoms with Gasteiger partial charge in [0.15, 0.2) is 9.84 Å². The Labute approximate surface area is 112 Å². The SMILES string of the molecule is COCCOCCCS(=O)(=O)c1ccc(F)cc1N. The molecule has 0 radical (unpaired) electrons. The second kappa shape index (κ2) is 7.42. The molecule has 0 unspecified atom stereocenters. The maximum Gasteiger partial charge on any atom is 0.180 e. The van der Waals surface area contributed by atoms with E-state index in [9.17, 15) is 12.8 Å². The predicted octanol–water partition coefficient (Wildman–Crippen LogP) is 1.23. The molecule has 0 fully saturated rings. The minimum Gasteiger partial charge on any atom is -0.398 e. The number of methoxy groups -OCH3 is 1. The molecule has 0 aliphatic rings. The van der Waals surface area contributed by atoms with Gasteiger partial charge in [0.2, 0.25) is 0 Å². The molecule has 5 nitrogen and oxygen atoms in total. The number of sulfone groups is 1. The summed E-state index contributed by atoms with van der Waals surface area (Å²) in [6, 6.07) is 3.27. The Kier molecular flexibility index (Phi) is 6.20. The maximum atomic E-state index is 12.9. The van der Waals surface area contributed by atoms with E-state index in [2.05, 4.69) is 0 Å². The molecule has 0 aromatic heterocycles. The molecule has 7 heteroatoms. The topological polar surface area (TPSA) is 78.6 Å². The van der Waals surface area contributed by atoms with Crippen molar-refractivity contribution < 1.29 is 22.3 Å². The molecule has 0 aliphatic carbocycles. The summed E-state index contributed by atoms with van der Waals surface area (Å²) in [5.41, 5.74) is 5.44. The lowest BCUT2D eigenvalue weighted by Gasteiger charge is -2.08. The molecule has 19 heavy (non-hydrogen) atoms. The summed E-state index contributed by atoms with van der Waals surface area (Å²) in [5, 5.41) is 0. The number of benzene rings is 1. The highest BCUT2D eigenvalue weighted by Gasteiger charge is 2.17. The fourth-order valence-electron chi connectivity index (χ4n) is 1.51. The summed E-state index contributed by atoms with van der Waals surface area (Å²) in [5.74, 6) is -0.644. The average molecular weight is 291 g/mol. The van der Waals surface area contributed by atoms with E-state index in [4.69, 9.17) is 15.2 Å². The fraction of sp³-hybridized carbons (Fsp3) is 0.500. The molecule has 0 spiro atoms. The van der Waals surface area contributed by atoms with Crippen LogP contribution >= 0.6 is 0 Å². The van der Waals surface area contributed by atoms with E-state index in [0.29, 0.717) is 26.2 Å². The van der Waals surface area contributed by atoms with Crippen molar-refractivity contribution in [2.75, 3.05) is 38.4 Å². The first kappa shape index (κ1) is 15.9. The highest BCUT2D eigenvalue weighted by Crippen LogP contribution is 2.20. The third kappa shape index (κ3) is 5.14. The van der Waals surface area contributed by atoms with Gasteiger partial charge in [-0.25, -0.2) is 12.8 Å². The van der Waals surface area contributed by atoms with Gasteiger partial charge in [0, 0.05) is 13.7 Å². The zero-order valence-corrected chi connectivity index (χ0v) is 11.6. The standard InChI is InChI=1S/C12H18FNO4S/c1-17-6-7-18-5-2-8-19(15,16)12-4-3-10(13)9-11(12)14/h3-4,9H,2,5-8,14H2,1H3. The monoisotopic (exact) mass is 291 g/mol. The lowest BCUT2D eigenvalue weighted by atomic mass is 10.3. The number of nitrogens with two attached hydrogens (primary N) is 1. The zero-order valence-electron chi connectivity index (χ0n) is 10.8. The third-order valence-electron chi connectivity index (χ3n) is 2.44. The number of rotatable bonds is 8. The number of anilines is 1. The molecule has 0 aliphatic heterocycles. The highest BCUT2D eigenvalue weighted by molar-refractivity contribution is 7.91. The van der Waals surface area contributed by atoms with Gasteiger partial charge in [-0.05, 0) is 24.6 Å². The average Bonchev–Trinajstić information content (AvgIpc) is 2.33. The Hall–Kier alpha value is -1.18. The van der Waals surface area contributed by atoms with Crippen LogP contribution < -0.4 is 5.73 Å². The highest BCUT2D eigenvalue weighted by atomic mass is 32.2. The van der Waals surface area contributed by atoms with Crippen LogP contribution in [0.5, 0.6) is 0 Å². The van der Waals surface area contributed by atoms with Crippen LogP contribution in [0.2, 0.25) is 0 Å². The summed E-state index contributed by atoms with van der Waals surface area (Å²) in [4.78, 5) is -0.0363. The van der Waals surface area contributed by atoms with E-state index in [1.807, 2.05) is 0 Å². The molecular weight excluding hydrogens is 273 g/mol. The molecule has 1 aromatic carbocycles. The van der Waals surface area contributed by atoms with Crippen LogP contribution in [0.4, 0.5) is 10.1 Å². The first-order valence-corrected chi connectivity index (χ1v) is 7.47. The molecule has 0 atom stereocenters. The van der Waals surface area contributed by atoms with E-state index >= 15 is 0 Å². The predicted molar refractivity (Wildman–Crippen MR) is 70.2 cm³/mol. The Morgan fingerprint density at radius 2 is 2.00 bits per heavy atom. The summed E-state index contributed by atoms with van der Waals surface area (Å²) in [7, 11) is -1.94. The number of nitrogen functional groups attached to an aromatic ring is 1. The third-order valence-corrected chi connectivity index (χ3v) is 4.31. The Morgan fingerprint density at radius 1 is 1.26 bits per heavy atom. The van der Waals surface area contributed by atoms with Crippen molar-refractivity contribution in [2.24, 2.45) is 0 Å². The van der Waals surface area contributed by atoms with Crippen LogP contribution in [0.1, 0.15) is 6.42 Å². The largest absolute Gasteiger partial charge is 0.398 e. The summed E-state index contributed by atoms with van der Waals surface area (Å²) in [6.45, 7) is 1.22. The molecule has 108 valence electrons. The number of hydrogen-bond acceptors (Lipinski definition) is 5. The number of ether oxygens (including phenoxy) is 2. The van der Waals surface area contributed by atoms with E-state index in [1.165, 1.54) is 6.07 Å². The van der Waals surface area contributed by atoms with Gasteiger partial charge in [-0.15, -0.1) is 0 Å². The lowest BCUT2D eigenvalue weighted by Crippen LogP contribution is -2.12. The van der Waals surface area contributed by atoms with Crippen molar-refractivity contribution >= 4 is 15.5 Å². The zero-order chi connectivity index (χ0) is 14.3. The van der Waals surface area contributed by atoms with Crippen LogP contribution in [0.25, 0.3) is 0 Å². The molecule has 0 heterocycles. The maximum absolute atomic E-state index is 12.9. The van der Waals surface area contributed by atoms with Gasteiger partial charge >= 0.3 is 0 Å². The van der Waals surface area contributed by atoms with Crippen LogP contribution in [0.3, 0.4) is 0 Å². The van der Waals surface area contributed by atoms with Crippen LogP contribution in [-0.4, -0.2) is 41.1 Å². The van der Waals surface area contributed by atoms with Crippen molar-refractivity contribution in [3.63, 3.8) is 0 Å². The van der Waals surface area contributed by atoms with Crippen LogP contribution in [0, 0.1) is 5.82 Å². The first-order chi connectivity index (χ1) is 8.97. The number of hydrogen-bond donors (Lipinski definition) is 1. The van der Waals surface area contributed by atoms with Crippen LogP contribution in [0.15, 0.2) is 23.1 Å². The summed E-state index contributed by atoms with van der Waals surface area (Å²) < 4.78 is 46.8.